The minimum Gasteiger partial charge on any atom is -0.369 e. The van der Waals surface area contributed by atoms with E-state index in [1.807, 2.05) is 0 Å². The van der Waals surface area contributed by atoms with E-state index in [0.717, 1.165) is 0 Å². The highest BCUT2D eigenvalue weighted by atomic mass is 35.5. The number of benzene rings is 2. The van der Waals surface area contributed by atoms with Crippen LogP contribution in [0.15, 0.2) is 42.5 Å². The number of halogens is 2. The lowest BCUT2D eigenvalue weighted by molar-refractivity contribution is 0.0935. The van der Waals surface area contributed by atoms with E-state index in [1.54, 1.807) is 42.5 Å². The third kappa shape index (κ3) is 1.91. The van der Waals surface area contributed by atoms with Crippen molar-refractivity contribution >= 4 is 34.8 Å². The largest absolute Gasteiger partial charge is 0.369 e. The second-order valence-corrected chi connectivity index (χ2v) is 5.07. The number of anilines is 1. The predicted octanol–water partition coefficient (Wildman–Crippen LogP) is 3.64. The molecule has 0 bridgehead atoms. The molecule has 3 nitrogen and oxygen atoms in total. The number of fused-ring (bicyclic) bond motifs is 1. The van der Waals surface area contributed by atoms with E-state index >= 15 is 0 Å². The molecule has 96 valence electrons. The van der Waals surface area contributed by atoms with Crippen LogP contribution in [0.1, 0.15) is 22.1 Å². The molecular formula is C14H9Cl2NO2. The first-order chi connectivity index (χ1) is 9.09. The van der Waals surface area contributed by atoms with Crippen LogP contribution in [0, 0.1) is 0 Å². The highest BCUT2D eigenvalue weighted by molar-refractivity contribution is 6.32. The molecule has 0 saturated heterocycles. The van der Waals surface area contributed by atoms with E-state index in [4.69, 9.17) is 23.2 Å². The van der Waals surface area contributed by atoms with Crippen molar-refractivity contribution in [2.45, 2.75) is 6.23 Å². The topological polar surface area (TPSA) is 40.5 Å². The highest BCUT2D eigenvalue weighted by Gasteiger charge is 2.37. The van der Waals surface area contributed by atoms with Gasteiger partial charge in [0.15, 0.2) is 6.23 Å². The van der Waals surface area contributed by atoms with E-state index in [9.17, 15) is 9.90 Å². The number of carbonyl (C=O) groups is 1. The first kappa shape index (κ1) is 12.5. The molecule has 19 heavy (non-hydrogen) atoms. The summed E-state index contributed by atoms with van der Waals surface area (Å²) in [5, 5.41) is 11.3. The summed E-state index contributed by atoms with van der Waals surface area (Å²) in [6.07, 6.45) is -1.07. The third-order valence-electron chi connectivity index (χ3n) is 3.11. The van der Waals surface area contributed by atoms with E-state index in [2.05, 4.69) is 0 Å². The van der Waals surface area contributed by atoms with Gasteiger partial charge in [-0.25, -0.2) is 0 Å². The Morgan fingerprint density at radius 3 is 2.37 bits per heavy atom. The molecule has 0 radical (unpaired) electrons. The zero-order valence-corrected chi connectivity index (χ0v) is 11.2. The lowest BCUT2D eigenvalue weighted by Crippen LogP contribution is -2.27. The van der Waals surface area contributed by atoms with Gasteiger partial charge < -0.3 is 5.11 Å². The van der Waals surface area contributed by atoms with Crippen molar-refractivity contribution in [3.05, 3.63) is 63.6 Å². The fourth-order valence-corrected chi connectivity index (χ4v) is 2.61. The molecule has 5 heteroatoms. The van der Waals surface area contributed by atoms with Gasteiger partial charge in [-0.15, -0.1) is 0 Å². The fraction of sp³-hybridized carbons (Fsp3) is 0.0714. The Morgan fingerprint density at radius 1 is 1.05 bits per heavy atom. The first-order valence-corrected chi connectivity index (χ1v) is 6.41. The minimum atomic E-state index is -1.07. The van der Waals surface area contributed by atoms with Crippen LogP contribution in [0.5, 0.6) is 0 Å². The lowest BCUT2D eigenvalue weighted by atomic mass is 10.1. The summed E-state index contributed by atoms with van der Waals surface area (Å²) >= 11 is 11.9. The van der Waals surface area contributed by atoms with Crippen LogP contribution >= 0.6 is 23.2 Å². The Kier molecular flexibility index (Phi) is 2.97. The Bertz CT molecular complexity index is 655. The zero-order chi connectivity index (χ0) is 13.6. The fourth-order valence-electron chi connectivity index (χ4n) is 2.22. The van der Waals surface area contributed by atoms with Gasteiger partial charge >= 0.3 is 0 Å². The van der Waals surface area contributed by atoms with Gasteiger partial charge in [0.25, 0.3) is 5.91 Å². The average molecular weight is 294 g/mol. The second-order valence-electron chi connectivity index (χ2n) is 4.23. The van der Waals surface area contributed by atoms with Crippen molar-refractivity contribution in [3.63, 3.8) is 0 Å². The average Bonchev–Trinajstić information content (AvgIpc) is 2.65. The molecule has 1 N–H and O–H groups in total. The molecule has 1 aliphatic rings. The molecule has 0 saturated carbocycles. The number of hydrogen-bond acceptors (Lipinski definition) is 2. The van der Waals surface area contributed by atoms with Crippen LogP contribution in [0.2, 0.25) is 10.0 Å². The van der Waals surface area contributed by atoms with Crippen molar-refractivity contribution in [2.75, 3.05) is 4.90 Å². The Morgan fingerprint density at radius 2 is 1.74 bits per heavy atom. The molecule has 1 amide bonds. The van der Waals surface area contributed by atoms with Gasteiger partial charge in [-0.3, -0.25) is 9.69 Å². The number of hydrogen-bond donors (Lipinski definition) is 1. The van der Waals surface area contributed by atoms with E-state index in [1.165, 1.54) is 4.90 Å². The number of amides is 1. The zero-order valence-electron chi connectivity index (χ0n) is 9.68. The summed E-state index contributed by atoms with van der Waals surface area (Å²) in [5.74, 6) is -0.271. The van der Waals surface area contributed by atoms with Crippen molar-refractivity contribution in [1.82, 2.24) is 0 Å². The first-order valence-electron chi connectivity index (χ1n) is 5.65. The maximum absolute atomic E-state index is 12.3. The Hall–Kier alpha value is -1.55. The second kappa shape index (κ2) is 4.53. The number of aliphatic hydroxyl groups is 1. The third-order valence-corrected chi connectivity index (χ3v) is 3.69. The number of aliphatic hydroxyl groups excluding tert-OH is 1. The molecule has 0 aliphatic carbocycles. The summed E-state index contributed by atoms with van der Waals surface area (Å²) in [6.45, 7) is 0. The van der Waals surface area contributed by atoms with Gasteiger partial charge in [-0.2, -0.15) is 0 Å². The SMILES string of the molecule is O=C1c2cccc(Cl)c2C(O)N1c1ccc(Cl)cc1. The standard InChI is InChI=1S/C14H9Cl2NO2/c15-8-4-6-9(7-5-8)17-13(18)10-2-1-3-11(16)12(10)14(17)19/h1-7,14,19H. The molecule has 0 fully saturated rings. The lowest BCUT2D eigenvalue weighted by Gasteiger charge is -2.21. The van der Waals surface area contributed by atoms with Crippen LogP contribution < -0.4 is 4.90 Å². The van der Waals surface area contributed by atoms with Gasteiger partial charge in [-0.1, -0.05) is 29.3 Å². The summed E-state index contributed by atoms with van der Waals surface area (Å²) in [7, 11) is 0. The molecule has 2 aromatic rings. The quantitative estimate of drug-likeness (QED) is 0.872. The number of carbonyl (C=O) groups excluding carboxylic acids is 1. The van der Waals surface area contributed by atoms with Gasteiger partial charge in [0.05, 0.1) is 0 Å². The maximum Gasteiger partial charge on any atom is 0.261 e. The summed E-state index contributed by atoms with van der Waals surface area (Å²) < 4.78 is 0. The molecule has 1 unspecified atom stereocenters. The van der Waals surface area contributed by atoms with Crippen molar-refractivity contribution in [1.29, 1.82) is 0 Å². The van der Waals surface area contributed by atoms with Crippen molar-refractivity contribution < 1.29 is 9.90 Å². The van der Waals surface area contributed by atoms with Crippen LogP contribution in [0.25, 0.3) is 0 Å². The molecular weight excluding hydrogens is 285 g/mol. The van der Waals surface area contributed by atoms with Crippen LogP contribution in [-0.2, 0) is 0 Å². The molecule has 0 spiro atoms. The van der Waals surface area contributed by atoms with Gasteiger partial charge in [-0.05, 0) is 36.4 Å². The summed E-state index contributed by atoms with van der Waals surface area (Å²) in [5.41, 5.74) is 1.45. The summed E-state index contributed by atoms with van der Waals surface area (Å²) in [6, 6.07) is 11.7. The van der Waals surface area contributed by atoms with Crippen molar-refractivity contribution in [3.8, 4) is 0 Å². The molecule has 1 atom stereocenters. The van der Waals surface area contributed by atoms with Crippen molar-refractivity contribution in [2.24, 2.45) is 0 Å². The van der Waals surface area contributed by atoms with E-state index in [0.29, 0.717) is 26.9 Å². The number of nitrogens with zero attached hydrogens (tertiary/aromatic N) is 1. The molecule has 1 aliphatic heterocycles. The number of rotatable bonds is 1. The maximum atomic E-state index is 12.3. The predicted molar refractivity (Wildman–Crippen MR) is 74.7 cm³/mol. The van der Waals surface area contributed by atoms with Crippen LogP contribution in [-0.4, -0.2) is 11.0 Å². The van der Waals surface area contributed by atoms with Gasteiger partial charge in [0, 0.05) is 26.9 Å². The summed E-state index contributed by atoms with van der Waals surface area (Å²) in [4.78, 5) is 13.6. The smallest absolute Gasteiger partial charge is 0.261 e. The molecule has 3 rings (SSSR count). The van der Waals surface area contributed by atoms with Crippen LogP contribution in [0.4, 0.5) is 5.69 Å². The molecule has 1 heterocycles. The van der Waals surface area contributed by atoms with E-state index < -0.39 is 6.23 Å². The van der Waals surface area contributed by atoms with Crippen LogP contribution in [0.3, 0.4) is 0 Å². The minimum absolute atomic E-state index is 0.271. The highest BCUT2D eigenvalue weighted by Crippen LogP contribution is 2.39. The van der Waals surface area contributed by atoms with E-state index in [-0.39, 0.29) is 5.91 Å². The normalized spacial score (nSPS) is 17.7. The Labute approximate surface area is 120 Å². The Balaban J connectivity index is 2.10. The monoisotopic (exact) mass is 293 g/mol. The molecule has 0 aromatic heterocycles. The van der Waals surface area contributed by atoms with Gasteiger partial charge in [0.2, 0.25) is 0 Å². The molecule has 2 aromatic carbocycles. The van der Waals surface area contributed by atoms with Gasteiger partial charge in [0.1, 0.15) is 0 Å².